The maximum absolute atomic E-state index is 13.2. The topological polar surface area (TPSA) is 66.5 Å². The number of nitrogens with zero attached hydrogens (tertiary/aromatic N) is 1. The number of rotatable bonds is 4. The zero-order valence-corrected chi connectivity index (χ0v) is 16.7. The van der Waals surface area contributed by atoms with Crippen molar-refractivity contribution in [2.75, 3.05) is 11.4 Å². The average Bonchev–Trinajstić information content (AvgIpc) is 3.02. The summed E-state index contributed by atoms with van der Waals surface area (Å²) in [6.07, 6.45) is 8.07. The van der Waals surface area contributed by atoms with Gasteiger partial charge in [0.1, 0.15) is 0 Å². The zero-order chi connectivity index (χ0) is 18.8. The van der Waals surface area contributed by atoms with E-state index in [-0.39, 0.29) is 11.4 Å². The summed E-state index contributed by atoms with van der Waals surface area (Å²) in [5.74, 6) is 2.20. The van der Waals surface area contributed by atoms with Gasteiger partial charge in [0.25, 0.3) is 0 Å². The van der Waals surface area contributed by atoms with Gasteiger partial charge in [-0.25, -0.2) is 13.1 Å². The molecule has 1 aliphatic heterocycles. The van der Waals surface area contributed by atoms with Crippen LogP contribution < -0.4 is 9.62 Å². The number of carbonyl (C=O) groups is 1. The predicted molar refractivity (Wildman–Crippen MR) is 104 cm³/mol. The van der Waals surface area contributed by atoms with Crippen LogP contribution >= 0.6 is 0 Å². The maximum atomic E-state index is 13.2. The molecule has 1 aromatic carbocycles. The van der Waals surface area contributed by atoms with Gasteiger partial charge in [-0.3, -0.25) is 4.79 Å². The molecule has 0 unspecified atom stereocenters. The predicted octanol–water partition coefficient (Wildman–Crippen LogP) is 3.23. The van der Waals surface area contributed by atoms with Crippen molar-refractivity contribution in [3.05, 3.63) is 23.8 Å². The smallest absolute Gasteiger partial charge is 0.241 e. The minimum absolute atomic E-state index is 0.0936. The normalized spacial score (nSPS) is 34.1. The quantitative estimate of drug-likeness (QED) is 0.861. The number of hydrogen-bond donors (Lipinski definition) is 1. The number of benzene rings is 1. The Hall–Kier alpha value is -1.40. The summed E-state index contributed by atoms with van der Waals surface area (Å²) in [7, 11) is -3.54. The fourth-order valence-corrected chi connectivity index (χ4v) is 8.06. The third kappa shape index (κ3) is 2.92. The van der Waals surface area contributed by atoms with Gasteiger partial charge in [-0.05, 0) is 86.5 Å². The molecule has 5 aliphatic rings. The lowest BCUT2D eigenvalue weighted by Crippen LogP contribution is -2.59. The van der Waals surface area contributed by atoms with Gasteiger partial charge in [0, 0.05) is 24.2 Å². The standard InChI is InChI=1S/C21H28N2O3S/c1-2-20(24)23-6-5-17-10-18(3-4-19(17)23)27(25,26)22-21-11-14-7-15(12-21)9-16(8-14)13-21/h3-4,10,14-16,22H,2,5-9,11-13H2,1H3. The Balaban J connectivity index is 1.41. The summed E-state index contributed by atoms with van der Waals surface area (Å²) in [4.78, 5) is 14.2. The molecule has 0 radical (unpaired) electrons. The Labute approximate surface area is 161 Å². The number of amides is 1. The first-order valence-corrected chi connectivity index (χ1v) is 11.8. The molecule has 27 heavy (non-hydrogen) atoms. The Morgan fingerprint density at radius 1 is 1.15 bits per heavy atom. The molecule has 1 aromatic rings. The van der Waals surface area contributed by atoms with Crippen LogP contribution in [0.15, 0.2) is 23.1 Å². The van der Waals surface area contributed by atoms with Crippen molar-refractivity contribution in [1.82, 2.24) is 4.72 Å². The summed E-state index contributed by atoms with van der Waals surface area (Å²) in [6, 6.07) is 5.26. The highest BCUT2D eigenvalue weighted by molar-refractivity contribution is 7.89. The number of carbonyl (C=O) groups excluding carboxylic acids is 1. The van der Waals surface area contributed by atoms with Crippen molar-refractivity contribution in [3.8, 4) is 0 Å². The van der Waals surface area contributed by atoms with Crippen LogP contribution in [0, 0.1) is 17.8 Å². The molecule has 5 nitrogen and oxygen atoms in total. The molecular weight excluding hydrogens is 360 g/mol. The first kappa shape index (κ1) is 17.7. The van der Waals surface area contributed by atoms with Crippen LogP contribution in [0.5, 0.6) is 0 Å². The molecule has 4 bridgehead atoms. The first-order chi connectivity index (χ1) is 12.9. The van der Waals surface area contributed by atoms with Crippen molar-refractivity contribution in [2.24, 2.45) is 17.8 Å². The summed E-state index contributed by atoms with van der Waals surface area (Å²) >= 11 is 0. The summed E-state index contributed by atoms with van der Waals surface area (Å²) < 4.78 is 29.5. The second-order valence-electron chi connectivity index (χ2n) is 9.24. The molecular formula is C21H28N2O3S. The van der Waals surface area contributed by atoms with Gasteiger partial charge in [0.15, 0.2) is 0 Å². The lowest BCUT2D eigenvalue weighted by molar-refractivity contribution is -0.118. The van der Waals surface area contributed by atoms with Crippen LogP contribution in [-0.4, -0.2) is 26.4 Å². The van der Waals surface area contributed by atoms with Crippen molar-refractivity contribution in [3.63, 3.8) is 0 Å². The van der Waals surface area contributed by atoms with E-state index in [4.69, 9.17) is 0 Å². The van der Waals surface area contributed by atoms with Crippen LogP contribution in [0.4, 0.5) is 5.69 Å². The van der Waals surface area contributed by atoms with Gasteiger partial charge in [-0.15, -0.1) is 0 Å². The highest BCUT2D eigenvalue weighted by atomic mass is 32.2. The van der Waals surface area contributed by atoms with Crippen LogP contribution in [0.3, 0.4) is 0 Å². The Morgan fingerprint density at radius 2 is 1.78 bits per heavy atom. The summed E-state index contributed by atoms with van der Waals surface area (Å²) in [5, 5.41) is 0. The Kier molecular flexibility index (Phi) is 3.96. The van der Waals surface area contributed by atoms with E-state index in [2.05, 4.69) is 4.72 Å². The zero-order valence-electron chi connectivity index (χ0n) is 15.9. The van der Waals surface area contributed by atoms with Crippen LogP contribution in [0.2, 0.25) is 0 Å². The highest BCUT2D eigenvalue weighted by Crippen LogP contribution is 2.56. The van der Waals surface area contributed by atoms with Gasteiger partial charge in [-0.2, -0.15) is 0 Å². The lowest BCUT2D eigenvalue weighted by Gasteiger charge is -2.56. The fourth-order valence-electron chi connectivity index (χ4n) is 6.57. The van der Waals surface area contributed by atoms with E-state index in [1.807, 2.05) is 13.0 Å². The third-order valence-electron chi connectivity index (χ3n) is 7.25. The monoisotopic (exact) mass is 388 g/mol. The van der Waals surface area contributed by atoms with E-state index in [1.54, 1.807) is 17.0 Å². The number of nitrogens with one attached hydrogen (secondary N) is 1. The minimum Gasteiger partial charge on any atom is -0.312 e. The molecule has 6 rings (SSSR count). The largest absolute Gasteiger partial charge is 0.312 e. The van der Waals surface area contributed by atoms with Crippen LogP contribution in [0.25, 0.3) is 0 Å². The molecule has 1 heterocycles. The van der Waals surface area contributed by atoms with Gasteiger partial charge in [0.05, 0.1) is 4.90 Å². The first-order valence-electron chi connectivity index (χ1n) is 10.3. The van der Waals surface area contributed by atoms with Gasteiger partial charge >= 0.3 is 0 Å². The van der Waals surface area contributed by atoms with Gasteiger partial charge in [0.2, 0.25) is 15.9 Å². The Bertz CT molecular complexity index is 857. The number of hydrogen-bond acceptors (Lipinski definition) is 3. The van der Waals surface area contributed by atoms with Crippen molar-refractivity contribution in [1.29, 1.82) is 0 Å². The molecule has 4 fully saturated rings. The van der Waals surface area contributed by atoms with Crippen molar-refractivity contribution < 1.29 is 13.2 Å². The highest BCUT2D eigenvalue weighted by Gasteiger charge is 2.52. The SMILES string of the molecule is CCC(=O)N1CCc2cc(S(=O)(=O)NC34CC5CC(CC(C5)C3)C4)ccc21. The molecule has 146 valence electrons. The molecule has 0 spiro atoms. The maximum Gasteiger partial charge on any atom is 0.241 e. The number of sulfonamides is 1. The van der Waals surface area contributed by atoms with Gasteiger partial charge < -0.3 is 4.90 Å². The minimum atomic E-state index is -3.54. The molecule has 1 amide bonds. The second-order valence-corrected chi connectivity index (χ2v) is 10.9. The van der Waals surface area contributed by atoms with E-state index in [1.165, 1.54) is 19.3 Å². The van der Waals surface area contributed by atoms with E-state index >= 15 is 0 Å². The van der Waals surface area contributed by atoms with Crippen LogP contribution in [-0.2, 0) is 21.2 Å². The second kappa shape index (κ2) is 6.05. The molecule has 1 N–H and O–H groups in total. The van der Waals surface area contributed by atoms with E-state index in [0.29, 0.717) is 35.6 Å². The Morgan fingerprint density at radius 3 is 2.37 bits per heavy atom. The average molecular weight is 389 g/mol. The molecule has 0 aromatic heterocycles. The fraction of sp³-hybridized carbons (Fsp3) is 0.667. The molecule has 6 heteroatoms. The van der Waals surface area contributed by atoms with E-state index in [0.717, 1.165) is 36.9 Å². The van der Waals surface area contributed by atoms with Crippen molar-refractivity contribution >= 4 is 21.6 Å². The molecule has 4 saturated carbocycles. The van der Waals surface area contributed by atoms with Crippen molar-refractivity contribution in [2.45, 2.75) is 68.7 Å². The molecule has 0 atom stereocenters. The summed E-state index contributed by atoms with van der Waals surface area (Å²) in [6.45, 7) is 2.50. The van der Waals surface area contributed by atoms with E-state index < -0.39 is 10.0 Å². The third-order valence-corrected chi connectivity index (χ3v) is 8.83. The molecule has 0 saturated heterocycles. The molecule has 4 aliphatic carbocycles. The number of anilines is 1. The lowest BCUT2D eigenvalue weighted by atomic mass is 9.53. The van der Waals surface area contributed by atoms with Crippen LogP contribution in [0.1, 0.15) is 57.4 Å². The summed E-state index contributed by atoms with van der Waals surface area (Å²) in [5.41, 5.74) is 1.61. The number of fused-ring (bicyclic) bond motifs is 1. The van der Waals surface area contributed by atoms with E-state index in [9.17, 15) is 13.2 Å². The van der Waals surface area contributed by atoms with Gasteiger partial charge in [-0.1, -0.05) is 6.92 Å².